The molecule has 2 aliphatic rings. The van der Waals surface area contributed by atoms with Gasteiger partial charge >= 0.3 is 0 Å². The molecule has 0 radical (unpaired) electrons. The van der Waals surface area contributed by atoms with Crippen LogP contribution < -0.4 is 9.47 Å². The second-order valence-corrected chi connectivity index (χ2v) is 6.79. The molecule has 1 aromatic heterocycles. The van der Waals surface area contributed by atoms with E-state index in [1.165, 1.54) is 18.6 Å². The zero-order valence-corrected chi connectivity index (χ0v) is 14.4. The van der Waals surface area contributed by atoms with Crippen LogP contribution in [0.15, 0.2) is 42.6 Å². The quantitative estimate of drug-likeness (QED) is 0.823. The summed E-state index contributed by atoms with van der Waals surface area (Å²) >= 11 is 0. The normalized spacial score (nSPS) is 19.9. The first-order valence-electron chi connectivity index (χ1n) is 9.01. The molecule has 6 heteroatoms. The van der Waals surface area contributed by atoms with E-state index in [0.29, 0.717) is 30.3 Å². The Hall–Kier alpha value is -2.63. The highest BCUT2D eigenvalue weighted by Gasteiger charge is 2.29. The van der Waals surface area contributed by atoms with E-state index < -0.39 is 0 Å². The van der Waals surface area contributed by atoms with Gasteiger partial charge in [-0.3, -0.25) is 4.79 Å². The minimum atomic E-state index is -0.329. The topological polar surface area (TPSA) is 51.7 Å². The Morgan fingerprint density at radius 1 is 1.12 bits per heavy atom. The van der Waals surface area contributed by atoms with Crippen molar-refractivity contribution >= 4 is 5.91 Å². The van der Waals surface area contributed by atoms with Crippen LogP contribution in [0.2, 0.25) is 0 Å². The minimum absolute atomic E-state index is 0.0591. The second kappa shape index (κ2) is 7.32. The number of aromatic nitrogens is 1. The zero-order valence-electron chi connectivity index (χ0n) is 14.4. The van der Waals surface area contributed by atoms with Gasteiger partial charge in [0.05, 0.1) is 6.54 Å². The maximum absolute atomic E-state index is 13.3. The molecule has 5 nitrogen and oxygen atoms in total. The first kappa shape index (κ1) is 16.8. The van der Waals surface area contributed by atoms with Crippen LogP contribution in [0.3, 0.4) is 0 Å². The lowest BCUT2D eigenvalue weighted by molar-refractivity contribution is 0.0769. The van der Waals surface area contributed by atoms with Crippen LogP contribution in [0.4, 0.5) is 4.39 Å². The number of likely N-dealkylation sites (tertiary alicyclic amines) is 1. The highest BCUT2D eigenvalue weighted by Crippen LogP contribution is 2.25. The Kier molecular flexibility index (Phi) is 4.73. The van der Waals surface area contributed by atoms with Crippen molar-refractivity contribution in [2.45, 2.75) is 37.9 Å². The number of ether oxygens (including phenoxy) is 2. The molecular formula is C20H21FN2O3. The summed E-state index contributed by atoms with van der Waals surface area (Å²) in [5, 5.41) is 0. The fourth-order valence-electron chi connectivity index (χ4n) is 3.19. The number of nitrogens with zero attached hydrogens (tertiary/aromatic N) is 2. The fourth-order valence-corrected chi connectivity index (χ4v) is 3.19. The molecule has 2 fully saturated rings. The molecule has 1 amide bonds. The SMILES string of the molecule is O=C(c1ccnc(OC2CCC2)c1)N1CCC(Oc2cccc(F)c2)C1. The van der Waals surface area contributed by atoms with E-state index in [9.17, 15) is 9.18 Å². The summed E-state index contributed by atoms with van der Waals surface area (Å²) in [6.07, 6.45) is 5.70. The number of hydrogen-bond donors (Lipinski definition) is 0. The average molecular weight is 356 g/mol. The first-order chi connectivity index (χ1) is 12.7. The fraction of sp³-hybridized carbons (Fsp3) is 0.400. The molecule has 1 aliphatic carbocycles. The average Bonchev–Trinajstić information content (AvgIpc) is 3.06. The molecule has 1 saturated heterocycles. The van der Waals surface area contributed by atoms with E-state index in [1.54, 1.807) is 35.4 Å². The number of hydrogen-bond acceptors (Lipinski definition) is 4. The number of benzene rings is 1. The predicted octanol–water partition coefficient (Wildman–Crippen LogP) is 3.45. The molecule has 2 aromatic rings. The molecule has 1 saturated carbocycles. The maximum atomic E-state index is 13.3. The zero-order chi connectivity index (χ0) is 17.9. The maximum Gasteiger partial charge on any atom is 0.254 e. The number of carbonyl (C=O) groups excluding carboxylic acids is 1. The summed E-state index contributed by atoms with van der Waals surface area (Å²) in [5.74, 6) is 0.608. The van der Waals surface area contributed by atoms with Gasteiger partial charge in [-0.2, -0.15) is 0 Å². The summed E-state index contributed by atoms with van der Waals surface area (Å²) in [4.78, 5) is 18.7. The summed E-state index contributed by atoms with van der Waals surface area (Å²) in [7, 11) is 0. The second-order valence-electron chi connectivity index (χ2n) is 6.79. The summed E-state index contributed by atoms with van der Waals surface area (Å²) in [5.41, 5.74) is 0.570. The van der Waals surface area contributed by atoms with E-state index in [0.717, 1.165) is 19.3 Å². The van der Waals surface area contributed by atoms with E-state index in [1.807, 2.05) is 0 Å². The van der Waals surface area contributed by atoms with Crippen LogP contribution in [0.5, 0.6) is 11.6 Å². The highest BCUT2D eigenvalue weighted by molar-refractivity contribution is 5.94. The van der Waals surface area contributed by atoms with Gasteiger partial charge < -0.3 is 14.4 Å². The van der Waals surface area contributed by atoms with Gasteiger partial charge in [0, 0.05) is 36.9 Å². The van der Waals surface area contributed by atoms with Crippen molar-refractivity contribution in [3.63, 3.8) is 0 Å². The van der Waals surface area contributed by atoms with E-state index >= 15 is 0 Å². The molecule has 0 bridgehead atoms. The van der Waals surface area contributed by atoms with Gasteiger partial charge in [-0.15, -0.1) is 0 Å². The highest BCUT2D eigenvalue weighted by atomic mass is 19.1. The standard InChI is InChI=1S/C20H21FN2O3/c21-15-3-1-6-17(12-15)25-18-8-10-23(13-18)20(24)14-7-9-22-19(11-14)26-16-4-2-5-16/h1,3,6-7,9,11-12,16,18H,2,4-5,8,10,13H2. The minimum Gasteiger partial charge on any atom is -0.488 e. The van der Waals surface area contributed by atoms with Crippen LogP contribution in [0.1, 0.15) is 36.0 Å². The Balaban J connectivity index is 1.37. The number of rotatable bonds is 5. The van der Waals surface area contributed by atoms with Crippen molar-refractivity contribution in [1.82, 2.24) is 9.88 Å². The van der Waals surface area contributed by atoms with Crippen molar-refractivity contribution in [2.75, 3.05) is 13.1 Å². The molecule has 0 spiro atoms. The van der Waals surface area contributed by atoms with Crippen molar-refractivity contribution in [3.05, 3.63) is 54.0 Å². The van der Waals surface area contributed by atoms with Gasteiger partial charge in [-0.1, -0.05) is 6.07 Å². The Morgan fingerprint density at radius 2 is 2.00 bits per heavy atom. The number of amides is 1. The van der Waals surface area contributed by atoms with Crippen molar-refractivity contribution in [3.8, 4) is 11.6 Å². The van der Waals surface area contributed by atoms with Gasteiger partial charge in [0.15, 0.2) is 0 Å². The summed E-state index contributed by atoms with van der Waals surface area (Å²) in [6, 6.07) is 9.49. The van der Waals surface area contributed by atoms with Gasteiger partial charge in [0.2, 0.25) is 5.88 Å². The van der Waals surface area contributed by atoms with E-state index in [2.05, 4.69) is 4.98 Å². The Bertz CT molecular complexity index is 794. The number of halogens is 1. The first-order valence-corrected chi connectivity index (χ1v) is 9.01. The molecule has 1 aliphatic heterocycles. The lowest BCUT2D eigenvalue weighted by Crippen LogP contribution is -2.31. The third kappa shape index (κ3) is 3.79. The van der Waals surface area contributed by atoms with Crippen LogP contribution in [-0.4, -0.2) is 41.1 Å². The van der Waals surface area contributed by atoms with Crippen LogP contribution >= 0.6 is 0 Å². The Labute approximate surface area is 151 Å². The van der Waals surface area contributed by atoms with Crippen molar-refractivity contribution in [1.29, 1.82) is 0 Å². The van der Waals surface area contributed by atoms with Crippen LogP contribution in [0, 0.1) is 5.82 Å². The number of carbonyl (C=O) groups is 1. The molecule has 136 valence electrons. The van der Waals surface area contributed by atoms with Crippen molar-refractivity contribution in [2.24, 2.45) is 0 Å². The third-order valence-electron chi connectivity index (χ3n) is 4.85. The van der Waals surface area contributed by atoms with Gasteiger partial charge in [-0.25, -0.2) is 9.37 Å². The molecule has 0 N–H and O–H groups in total. The number of pyridine rings is 1. The lowest BCUT2D eigenvalue weighted by Gasteiger charge is -2.25. The molecular weight excluding hydrogens is 335 g/mol. The molecule has 1 aromatic carbocycles. The van der Waals surface area contributed by atoms with E-state index in [-0.39, 0.29) is 23.9 Å². The molecule has 2 heterocycles. The smallest absolute Gasteiger partial charge is 0.254 e. The van der Waals surface area contributed by atoms with Gasteiger partial charge in [0.25, 0.3) is 5.91 Å². The summed E-state index contributed by atoms with van der Waals surface area (Å²) in [6.45, 7) is 1.09. The third-order valence-corrected chi connectivity index (χ3v) is 4.85. The molecule has 1 atom stereocenters. The van der Waals surface area contributed by atoms with Gasteiger partial charge in [-0.05, 0) is 37.5 Å². The van der Waals surface area contributed by atoms with E-state index in [4.69, 9.17) is 9.47 Å². The largest absolute Gasteiger partial charge is 0.488 e. The monoisotopic (exact) mass is 356 g/mol. The van der Waals surface area contributed by atoms with Crippen LogP contribution in [-0.2, 0) is 0 Å². The predicted molar refractivity (Wildman–Crippen MR) is 93.8 cm³/mol. The lowest BCUT2D eigenvalue weighted by atomic mass is 9.96. The summed E-state index contributed by atoms with van der Waals surface area (Å²) < 4.78 is 24.8. The molecule has 1 unspecified atom stereocenters. The molecule has 26 heavy (non-hydrogen) atoms. The van der Waals surface area contributed by atoms with Crippen LogP contribution in [0.25, 0.3) is 0 Å². The molecule has 4 rings (SSSR count). The van der Waals surface area contributed by atoms with Crippen molar-refractivity contribution < 1.29 is 18.7 Å². The Morgan fingerprint density at radius 3 is 2.77 bits per heavy atom. The van der Waals surface area contributed by atoms with Gasteiger partial charge in [0.1, 0.15) is 23.8 Å².